The molecule has 0 amide bonds. The minimum atomic E-state index is 0.592. The van der Waals surface area contributed by atoms with Crippen LogP contribution in [0.2, 0.25) is 0 Å². The Labute approximate surface area is 83.9 Å². The van der Waals surface area contributed by atoms with Gasteiger partial charge in [-0.25, -0.2) is 5.48 Å². The largest absolute Gasteiger partial charge is 0.302 e. The van der Waals surface area contributed by atoms with Gasteiger partial charge in [0.25, 0.3) is 0 Å². The van der Waals surface area contributed by atoms with E-state index in [2.05, 4.69) is 36.8 Å². The number of rotatable bonds is 6. The third-order valence-corrected chi connectivity index (χ3v) is 2.51. The van der Waals surface area contributed by atoms with Crippen molar-refractivity contribution >= 4 is 11.3 Å². The van der Waals surface area contributed by atoms with Gasteiger partial charge in [0.1, 0.15) is 0 Å². The predicted molar refractivity (Wildman–Crippen MR) is 56.8 cm³/mol. The Kier molecular flexibility index (Phi) is 5.05. The molecule has 0 aliphatic carbocycles. The van der Waals surface area contributed by atoms with Crippen molar-refractivity contribution in [2.45, 2.75) is 20.3 Å². The number of hydrogen-bond donors (Lipinski definition) is 1. The molecule has 2 nitrogen and oxygen atoms in total. The minimum Gasteiger partial charge on any atom is -0.302 e. The highest BCUT2D eigenvalue weighted by Gasteiger charge is 1.95. The molecule has 0 fully saturated rings. The Morgan fingerprint density at radius 3 is 3.00 bits per heavy atom. The van der Waals surface area contributed by atoms with E-state index in [-0.39, 0.29) is 0 Å². The van der Waals surface area contributed by atoms with E-state index in [0.29, 0.717) is 5.92 Å². The van der Waals surface area contributed by atoms with Gasteiger partial charge in [0, 0.05) is 11.4 Å². The van der Waals surface area contributed by atoms with E-state index in [1.54, 1.807) is 11.3 Å². The van der Waals surface area contributed by atoms with Crippen LogP contribution in [0, 0.1) is 5.92 Å². The summed E-state index contributed by atoms with van der Waals surface area (Å²) in [6.07, 6.45) is 1.05. The van der Waals surface area contributed by atoms with E-state index in [1.807, 2.05) is 0 Å². The van der Waals surface area contributed by atoms with Gasteiger partial charge in [-0.15, -0.1) is 11.3 Å². The molecule has 74 valence electrons. The van der Waals surface area contributed by atoms with Gasteiger partial charge >= 0.3 is 0 Å². The van der Waals surface area contributed by atoms with Gasteiger partial charge in [-0.1, -0.05) is 19.9 Å². The average Bonchev–Trinajstić information content (AvgIpc) is 2.55. The highest BCUT2D eigenvalue weighted by atomic mass is 32.1. The summed E-state index contributed by atoms with van der Waals surface area (Å²) in [6, 6.07) is 4.23. The maximum absolute atomic E-state index is 5.25. The van der Waals surface area contributed by atoms with Gasteiger partial charge in [-0.2, -0.15) is 0 Å². The van der Waals surface area contributed by atoms with Crippen molar-refractivity contribution in [2.75, 3.05) is 13.2 Å². The van der Waals surface area contributed by atoms with Crippen LogP contribution in [0.3, 0.4) is 0 Å². The maximum Gasteiger partial charge on any atom is 0.0705 e. The van der Waals surface area contributed by atoms with E-state index < -0.39 is 0 Å². The quantitative estimate of drug-likeness (QED) is 0.561. The van der Waals surface area contributed by atoms with E-state index in [0.717, 1.165) is 19.6 Å². The Bertz CT molecular complexity index is 209. The predicted octanol–water partition coefficient (Wildman–Crippen LogP) is 2.47. The molecule has 3 heteroatoms. The molecule has 1 aromatic rings. The van der Waals surface area contributed by atoms with E-state index in [9.17, 15) is 0 Å². The number of thiophene rings is 1. The number of hydrogen-bond acceptors (Lipinski definition) is 3. The van der Waals surface area contributed by atoms with Crippen LogP contribution in [0.25, 0.3) is 0 Å². The van der Waals surface area contributed by atoms with Crippen LogP contribution in [0.1, 0.15) is 18.7 Å². The first-order valence-electron chi connectivity index (χ1n) is 4.66. The van der Waals surface area contributed by atoms with Crippen LogP contribution in [-0.4, -0.2) is 13.2 Å². The second-order valence-corrected chi connectivity index (χ2v) is 4.46. The van der Waals surface area contributed by atoms with Crippen LogP contribution in [-0.2, 0) is 11.3 Å². The molecule has 0 radical (unpaired) electrons. The zero-order valence-electron chi connectivity index (χ0n) is 8.25. The molecule has 1 N–H and O–H groups in total. The van der Waals surface area contributed by atoms with E-state index in [1.165, 1.54) is 4.88 Å². The zero-order valence-corrected chi connectivity index (χ0v) is 9.06. The molecule has 0 spiro atoms. The van der Waals surface area contributed by atoms with Gasteiger partial charge in [-0.05, 0) is 23.8 Å². The van der Waals surface area contributed by atoms with Crippen LogP contribution in [0.15, 0.2) is 17.5 Å². The first-order chi connectivity index (χ1) is 6.29. The summed E-state index contributed by atoms with van der Waals surface area (Å²) in [7, 11) is 0. The Morgan fingerprint density at radius 2 is 2.38 bits per heavy atom. The van der Waals surface area contributed by atoms with Crippen molar-refractivity contribution in [3.05, 3.63) is 22.4 Å². The molecule has 1 aromatic heterocycles. The number of nitrogens with one attached hydrogen (secondary N) is 1. The van der Waals surface area contributed by atoms with Crippen molar-refractivity contribution in [1.29, 1.82) is 0 Å². The van der Waals surface area contributed by atoms with E-state index in [4.69, 9.17) is 4.84 Å². The molecule has 13 heavy (non-hydrogen) atoms. The third-order valence-electron chi connectivity index (χ3n) is 1.57. The summed E-state index contributed by atoms with van der Waals surface area (Å²) in [5.74, 6) is 0.592. The summed E-state index contributed by atoms with van der Waals surface area (Å²) < 4.78 is 0. The van der Waals surface area contributed by atoms with Crippen LogP contribution < -0.4 is 5.48 Å². The lowest BCUT2D eigenvalue weighted by Gasteiger charge is -2.06. The molecule has 0 bridgehead atoms. The second-order valence-electron chi connectivity index (χ2n) is 3.43. The highest BCUT2D eigenvalue weighted by molar-refractivity contribution is 7.09. The van der Waals surface area contributed by atoms with E-state index >= 15 is 0 Å². The van der Waals surface area contributed by atoms with Gasteiger partial charge in [0.15, 0.2) is 0 Å². The normalized spacial score (nSPS) is 11.0. The lowest BCUT2D eigenvalue weighted by atomic mass is 10.2. The molecule has 0 aromatic carbocycles. The fourth-order valence-corrected chi connectivity index (χ4v) is 1.64. The first kappa shape index (κ1) is 10.7. The Morgan fingerprint density at radius 1 is 1.54 bits per heavy atom. The molecule has 0 unspecified atom stereocenters. The van der Waals surface area contributed by atoms with Crippen LogP contribution in [0.4, 0.5) is 0 Å². The lowest BCUT2D eigenvalue weighted by molar-refractivity contribution is 0.0248. The zero-order chi connectivity index (χ0) is 9.52. The first-order valence-corrected chi connectivity index (χ1v) is 5.54. The molecule has 0 saturated heterocycles. The van der Waals surface area contributed by atoms with Gasteiger partial charge < -0.3 is 4.84 Å². The van der Waals surface area contributed by atoms with Gasteiger partial charge in [0.2, 0.25) is 0 Å². The van der Waals surface area contributed by atoms with Crippen molar-refractivity contribution in [2.24, 2.45) is 5.92 Å². The lowest BCUT2D eigenvalue weighted by Crippen LogP contribution is -2.20. The molecule has 1 heterocycles. The summed E-state index contributed by atoms with van der Waals surface area (Å²) >= 11 is 1.79. The second kappa shape index (κ2) is 6.13. The highest BCUT2D eigenvalue weighted by Crippen LogP contribution is 2.07. The average molecular weight is 199 g/mol. The van der Waals surface area contributed by atoms with Gasteiger partial charge in [-0.3, -0.25) is 0 Å². The SMILES string of the molecule is CC(C)CONCCc1cccs1. The topological polar surface area (TPSA) is 21.3 Å². The smallest absolute Gasteiger partial charge is 0.0705 e. The summed E-state index contributed by atoms with van der Waals surface area (Å²) in [5, 5.41) is 2.10. The fraction of sp³-hybridized carbons (Fsp3) is 0.600. The van der Waals surface area contributed by atoms with Crippen molar-refractivity contribution in [1.82, 2.24) is 5.48 Å². The van der Waals surface area contributed by atoms with Crippen LogP contribution >= 0.6 is 11.3 Å². The minimum absolute atomic E-state index is 0.592. The summed E-state index contributed by atoms with van der Waals surface area (Å²) in [4.78, 5) is 6.65. The van der Waals surface area contributed by atoms with Crippen LogP contribution in [0.5, 0.6) is 0 Å². The summed E-state index contributed by atoms with van der Waals surface area (Å²) in [6.45, 7) is 5.96. The Hall–Kier alpha value is -0.380. The monoisotopic (exact) mass is 199 g/mol. The van der Waals surface area contributed by atoms with Gasteiger partial charge in [0.05, 0.1) is 6.61 Å². The molecule has 0 aliphatic heterocycles. The summed E-state index contributed by atoms with van der Waals surface area (Å²) in [5.41, 5.74) is 2.96. The molecular formula is C10H17NOS. The molecular weight excluding hydrogens is 182 g/mol. The molecule has 0 aliphatic rings. The standard InChI is InChI=1S/C10H17NOS/c1-9(2)8-12-11-6-5-10-4-3-7-13-10/h3-4,7,9,11H,5-6,8H2,1-2H3. The van der Waals surface area contributed by atoms with Crippen molar-refractivity contribution in [3.8, 4) is 0 Å². The van der Waals surface area contributed by atoms with Crippen molar-refractivity contribution < 1.29 is 4.84 Å². The fourth-order valence-electron chi connectivity index (χ4n) is 0.927. The Balaban J connectivity index is 1.96. The third kappa shape index (κ3) is 5.03. The maximum atomic E-state index is 5.25. The molecule has 1 rings (SSSR count). The van der Waals surface area contributed by atoms with Crippen molar-refractivity contribution in [3.63, 3.8) is 0 Å². The molecule has 0 saturated carbocycles. The number of hydroxylamine groups is 1. The molecule has 0 atom stereocenters.